The van der Waals surface area contributed by atoms with Gasteiger partial charge in [-0.05, 0) is 12.1 Å². The van der Waals surface area contributed by atoms with Crippen LogP contribution in [0.3, 0.4) is 0 Å². The average molecular weight is 369 g/mol. The second-order valence-corrected chi connectivity index (χ2v) is 7.21. The third kappa shape index (κ3) is 3.31. The van der Waals surface area contributed by atoms with Gasteiger partial charge in [0.2, 0.25) is 5.91 Å². The van der Waals surface area contributed by atoms with Crippen molar-refractivity contribution in [1.82, 2.24) is 19.6 Å². The summed E-state index contributed by atoms with van der Waals surface area (Å²) >= 11 is 7.37. The zero-order chi connectivity index (χ0) is 17.3. The molecule has 128 valence electrons. The maximum Gasteiger partial charge on any atom is 0.257 e. The highest BCUT2D eigenvalue weighted by Gasteiger charge is 2.27. The van der Waals surface area contributed by atoms with E-state index in [4.69, 9.17) is 16.7 Å². The van der Waals surface area contributed by atoms with Crippen LogP contribution < -0.4 is 0 Å². The molecule has 1 aliphatic rings. The number of amides is 2. The average Bonchev–Trinajstić information content (AvgIpc) is 3.19. The van der Waals surface area contributed by atoms with Crippen molar-refractivity contribution in [3.63, 3.8) is 0 Å². The van der Waals surface area contributed by atoms with E-state index in [0.717, 1.165) is 4.88 Å². The lowest BCUT2D eigenvalue weighted by atomic mass is 10.1. The topological polar surface area (TPSA) is 78.7 Å². The summed E-state index contributed by atoms with van der Waals surface area (Å²) in [6.07, 6.45) is 1.70. The second kappa shape index (κ2) is 6.92. The van der Waals surface area contributed by atoms with E-state index in [1.54, 1.807) is 33.8 Å². The first kappa shape index (κ1) is 16.9. The number of nitrogens with zero attached hydrogens (tertiary/aromatic N) is 4. The van der Waals surface area contributed by atoms with Gasteiger partial charge in [-0.25, -0.2) is 0 Å². The number of aliphatic hydroxyl groups excluding tert-OH is 1. The van der Waals surface area contributed by atoms with Gasteiger partial charge in [-0.1, -0.05) is 11.6 Å². The van der Waals surface area contributed by atoms with Crippen LogP contribution in [0, 0.1) is 0 Å². The van der Waals surface area contributed by atoms with E-state index in [2.05, 4.69) is 5.10 Å². The van der Waals surface area contributed by atoms with Crippen molar-refractivity contribution in [2.45, 2.75) is 0 Å². The standard InChI is InChI=1S/C15H17ClN4O3S/c1-18-8-10(14(17-18)11-2-3-12(16)24-11)15(23)20-6-4-19(5-7-20)13(22)9-21/h2-3,8,21H,4-7,9H2,1H3. The molecule has 2 amide bonds. The molecule has 1 N–H and O–H groups in total. The van der Waals surface area contributed by atoms with Crippen LogP contribution in [-0.4, -0.2) is 69.3 Å². The Labute approximate surface area is 148 Å². The lowest BCUT2D eigenvalue weighted by molar-refractivity contribution is -0.135. The molecule has 24 heavy (non-hydrogen) atoms. The molecule has 0 saturated carbocycles. The van der Waals surface area contributed by atoms with Gasteiger partial charge in [-0.15, -0.1) is 11.3 Å². The van der Waals surface area contributed by atoms with E-state index in [9.17, 15) is 9.59 Å². The minimum Gasteiger partial charge on any atom is -0.387 e. The van der Waals surface area contributed by atoms with Gasteiger partial charge < -0.3 is 14.9 Å². The predicted molar refractivity (Wildman–Crippen MR) is 91.1 cm³/mol. The summed E-state index contributed by atoms with van der Waals surface area (Å²) in [5.41, 5.74) is 1.14. The number of aromatic nitrogens is 2. The fourth-order valence-electron chi connectivity index (χ4n) is 2.70. The van der Waals surface area contributed by atoms with Crippen LogP contribution in [0.2, 0.25) is 4.34 Å². The van der Waals surface area contributed by atoms with Crippen molar-refractivity contribution in [2.24, 2.45) is 7.05 Å². The number of halogens is 1. The highest BCUT2D eigenvalue weighted by atomic mass is 35.5. The minimum absolute atomic E-state index is 0.112. The fraction of sp³-hybridized carbons (Fsp3) is 0.400. The van der Waals surface area contributed by atoms with Gasteiger partial charge >= 0.3 is 0 Å². The molecule has 0 aromatic carbocycles. The maximum absolute atomic E-state index is 12.9. The molecule has 1 saturated heterocycles. The Morgan fingerprint density at radius 1 is 1.25 bits per heavy atom. The van der Waals surface area contributed by atoms with Gasteiger partial charge in [-0.3, -0.25) is 14.3 Å². The maximum atomic E-state index is 12.9. The highest BCUT2D eigenvalue weighted by molar-refractivity contribution is 7.19. The molecule has 9 heteroatoms. The monoisotopic (exact) mass is 368 g/mol. The molecule has 0 aliphatic carbocycles. The van der Waals surface area contributed by atoms with Crippen LogP contribution in [0.5, 0.6) is 0 Å². The van der Waals surface area contributed by atoms with E-state index in [1.807, 2.05) is 6.07 Å². The Kier molecular flexibility index (Phi) is 4.88. The third-order valence-corrected chi connectivity index (χ3v) is 5.16. The van der Waals surface area contributed by atoms with Crippen molar-refractivity contribution < 1.29 is 14.7 Å². The van der Waals surface area contributed by atoms with Crippen LogP contribution in [0.4, 0.5) is 0 Å². The summed E-state index contributed by atoms with van der Waals surface area (Å²) in [5.74, 6) is -0.420. The van der Waals surface area contributed by atoms with Gasteiger partial charge in [0.1, 0.15) is 12.3 Å². The molecule has 3 rings (SSSR count). The molecule has 0 spiro atoms. The molecule has 7 nitrogen and oxygen atoms in total. The van der Waals surface area contributed by atoms with E-state index < -0.39 is 6.61 Å². The Bertz CT molecular complexity index is 765. The molecule has 3 heterocycles. The van der Waals surface area contributed by atoms with Gasteiger partial charge in [-0.2, -0.15) is 5.10 Å². The third-order valence-electron chi connectivity index (χ3n) is 3.92. The number of aryl methyl sites for hydroxylation is 1. The Morgan fingerprint density at radius 2 is 1.92 bits per heavy atom. The summed E-state index contributed by atoms with van der Waals surface area (Å²) in [4.78, 5) is 28.5. The smallest absolute Gasteiger partial charge is 0.257 e. The number of aliphatic hydroxyl groups is 1. The van der Waals surface area contributed by atoms with Crippen molar-refractivity contribution in [2.75, 3.05) is 32.8 Å². The molecule has 2 aromatic rings. The SMILES string of the molecule is Cn1cc(C(=O)N2CCN(C(=O)CO)CC2)c(-c2ccc(Cl)s2)n1. The Balaban J connectivity index is 1.78. The normalized spacial score (nSPS) is 15.0. The van der Waals surface area contributed by atoms with Crippen molar-refractivity contribution >= 4 is 34.8 Å². The lowest BCUT2D eigenvalue weighted by Gasteiger charge is -2.34. The molecular weight excluding hydrogens is 352 g/mol. The Morgan fingerprint density at radius 3 is 2.50 bits per heavy atom. The molecule has 0 unspecified atom stereocenters. The number of hydrogen-bond acceptors (Lipinski definition) is 5. The number of thiophene rings is 1. The van der Waals surface area contributed by atoms with Gasteiger partial charge in [0.25, 0.3) is 5.91 Å². The first-order valence-electron chi connectivity index (χ1n) is 7.47. The summed E-state index contributed by atoms with van der Waals surface area (Å²) in [6, 6.07) is 3.63. The molecule has 0 atom stereocenters. The number of hydrogen-bond donors (Lipinski definition) is 1. The molecular formula is C15H17ClN4O3S. The van der Waals surface area contributed by atoms with E-state index >= 15 is 0 Å². The number of piperazine rings is 1. The number of rotatable bonds is 3. The molecule has 1 aliphatic heterocycles. The summed E-state index contributed by atoms with van der Waals surface area (Å²) in [7, 11) is 1.77. The second-order valence-electron chi connectivity index (χ2n) is 5.50. The number of carbonyl (C=O) groups excluding carboxylic acids is 2. The highest BCUT2D eigenvalue weighted by Crippen LogP contribution is 2.32. The predicted octanol–water partition coefficient (Wildman–Crippen LogP) is 1.08. The Hall–Kier alpha value is -1.90. The van der Waals surface area contributed by atoms with Crippen LogP contribution in [-0.2, 0) is 11.8 Å². The largest absolute Gasteiger partial charge is 0.387 e. The molecule has 2 aromatic heterocycles. The first-order valence-corrected chi connectivity index (χ1v) is 8.66. The van der Waals surface area contributed by atoms with E-state index in [-0.39, 0.29) is 11.8 Å². The zero-order valence-corrected chi connectivity index (χ0v) is 14.7. The quantitative estimate of drug-likeness (QED) is 0.879. The summed E-state index contributed by atoms with van der Waals surface area (Å²) in [5, 5.41) is 13.3. The van der Waals surface area contributed by atoms with E-state index in [1.165, 1.54) is 11.3 Å². The van der Waals surface area contributed by atoms with Crippen molar-refractivity contribution in [1.29, 1.82) is 0 Å². The first-order chi connectivity index (χ1) is 11.5. The van der Waals surface area contributed by atoms with Gasteiger partial charge in [0.05, 0.1) is 14.8 Å². The van der Waals surface area contributed by atoms with Gasteiger partial charge in [0, 0.05) is 39.4 Å². The van der Waals surface area contributed by atoms with Crippen LogP contribution in [0.1, 0.15) is 10.4 Å². The van der Waals surface area contributed by atoms with Crippen molar-refractivity contribution in [3.05, 3.63) is 28.2 Å². The van der Waals surface area contributed by atoms with Crippen LogP contribution >= 0.6 is 22.9 Å². The van der Waals surface area contributed by atoms with Crippen molar-refractivity contribution in [3.8, 4) is 10.6 Å². The number of carbonyl (C=O) groups is 2. The lowest BCUT2D eigenvalue weighted by Crippen LogP contribution is -2.51. The summed E-state index contributed by atoms with van der Waals surface area (Å²) in [6.45, 7) is 1.21. The molecule has 0 radical (unpaired) electrons. The van der Waals surface area contributed by atoms with Crippen LogP contribution in [0.25, 0.3) is 10.6 Å². The molecule has 1 fully saturated rings. The summed E-state index contributed by atoms with van der Waals surface area (Å²) < 4.78 is 2.26. The molecule has 0 bridgehead atoms. The van der Waals surface area contributed by atoms with Crippen LogP contribution in [0.15, 0.2) is 18.3 Å². The fourth-order valence-corrected chi connectivity index (χ4v) is 3.74. The zero-order valence-electron chi connectivity index (χ0n) is 13.1. The minimum atomic E-state index is -0.500. The van der Waals surface area contributed by atoms with E-state index in [0.29, 0.717) is 41.8 Å². The van der Waals surface area contributed by atoms with Gasteiger partial charge in [0.15, 0.2) is 0 Å².